The molecule has 0 spiro atoms. The van der Waals surface area contributed by atoms with Gasteiger partial charge in [0.25, 0.3) is 0 Å². The molecule has 2 aliphatic rings. The molecule has 2 heterocycles. The van der Waals surface area contributed by atoms with E-state index in [9.17, 15) is 5.11 Å². The molecule has 3 rings (SSSR count). The van der Waals surface area contributed by atoms with E-state index in [2.05, 4.69) is 17.2 Å². The van der Waals surface area contributed by atoms with Crippen molar-refractivity contribution in [1.82, 2.24) is 4.90 Å². The Morgan fingerprint density at radius 2 is 1.96 bits per heavy atom. The number of rotatable bonds is 3. The van der Waals surface area contributed by atoms with Gasteiger partial charge in [-0.25, -0.2) is 0 Å². The van der Waals surface area contributed by atoms with Gasteiger partial charge in [-0.15, -0.1) is 36.2 Å². The molecule has 1 aromatic heterocycles. The molecule has 2 fully saturated rings. The van der Waals surface area contributed by atoms with Crippen molar-refractivity contribution in [2.45, 2.75) is 69.1 Å². The second kappa shape index (κ2) is 9.40. The van der Waals surface area contributed by atoms with Gasteiger partial charge in [0.2, 0.25) is 0 Å². The summed E-state index contributed by atoms with van der Waals surface area (Å²) in [5, 5.41) is 13.7. The highest BCUT2D eigenvalue weighted by Gasteiger charge is 2.46. The summed E-state index contributed by atoms with van der Waals surface area (Å²) < 4.78 is 0.807. The number of hydrogen-bond acceptors (Lipinski definition) is 4. The predicted molar refractivity (Wildman–Crippen MR) is 108 cm³/mol. The number of nitrogens with zero attached hydrogens (tertiary/aromatic N) is 1. The fraction of sp³-hybridized carbons (Fsp3) is 0.765. The van der Waals surface area contributed by atoms with Gasteiger partial charge in [0.1, 0.15) is 0 Å². The molecule has 24 heavy (non-hydrogen) atoms. The van der Waals surface area contributed by atoms with E-state index in [0.717, 1.165) is 49.5 Å². The van der Waals surface area contributed by atoms with Crippen molar-refractivity contribution in [1.29, 1.82) is 0 Å². The van der Waals surface area contributed by atoms with Crippen LogP contribution in [-0.2, 0) is 0 Å². The van der Waals surface area contributed by atoms with E-state index in [0.29, 0.717) is 6.04 Å². The molecule has 3 N–H and O–H groups in total. The quantitative estimate of drug-likeness (QED) is 0.767. The highest BCUT2D eigenvalue weighted by Crippen LogP contribution is 2.44. The molecule has 0 bridgehead atoms. The van der Waals surface area contributed by atoms with E-state index in [1.165, 1.54) is 12.0 Å². The lowest BCUT2D eigenvalue weighted by atomic mass is 9.70. The topological polar surface area (TPSA) is 49.5 Å². The van der Waals surface area contributed by atoms with Crippen molar-refractivity contribution in [2.75, 3.05) is 13.1 Å². The second-order valence-electron chi connectivity index (χ2n) is 7.03. The maximum atomic E-state index is 11.6. The van der Waals surface area contributed by atoms with Gasteiger partial charge in [0.15, 0.2) is 0 Å². The lowest BCUT2D eigenvalue weighted by Crippen LogP contribution is -2.59. The molecule has 0 amide bonds. The van der Waals surface area contributed by atoms with Crippen LogP contribution >= 0.6 is 47.8 Å². The Labute approximate surface area is 166 Å². The van der Waals surface area contributed by atoms with Crippen molar-refractivity contribution < 1.29 is 5.11 Å². The lowest BCUT2D eigenvalue weighted by molar-refractivity contribution is -0.0937. The third-order valence-corrected chi connectivity index (χ3v) is 6.84. The number of nitrogens with two attached hydrogens (primary N) is 1. The fourth-order valence-electron chi connectivity index (χ4n) is 4.24. The highest BCUT2D eigenvalue weighted by molar-refractivity contribution is 7.14. The van der Waals surface area contributed by atoms with Crippen molar-refractivity contribution in [3.8, 4) is 0 Å². The lowest BCUT2D eigenvalue weighted by Gasteiger charge is -2.50. The molecule has 1 aromatic rings. The van der Waals surface area contributed by atoms with Gasteiger partial charge in [-0.3, -0.25) is 4.90 Å². The third-order valence-electron chi connectivity index (χ3n) is 5.73. The van der Waals surface area contributed by atoms with Crippen LogP contribution in [0.2, 0.25) is 4.34 Å². The number of hydrogen-bond donors (Lipinski definition) is 2. The SMILES string of the molecule is CC(c1csc(Cl)c1)C1(O)CCCCC1N1CCC(N)CC1.Cl.Cl. The zero-order chi connectivity index (χ0) is 15.7. The third kappa shape index (κ3) is 4.59. The predicted octanol–water partition coefficient (Wildman–Crippen LogP) is 4.45. The van der Waals surface area contributed by atoms with Gasteiger partial charge in [-0.2, -0.15) is 0 Å². The first-order valence-corrected chi connectivity index (χ1v) is 9.72. The fourth-order valence-corrected chi connectivity index (χ4v) is 5.22. The molecular formula is C17H29Cl3N2OS. The number of piperidine rings is 1. The first kappa shape index (κ1) is 22.5. The van der Waals surface area contributed by atoms with Crippen molar-refractivity contribution >= 4 is 47.8 Å². The largest absolute Gasteiger partial charge is 0.388 e. The van der Waals surface area contributed by atoms with Crippen LogP contribution in [0.25, 0.3) is 0 Å². The van der Waals surface area contributed by atoms with E-state index >= 15 is 0 Å². The standard InChI is InChI=1S/C17H27ClN2OS.2ClH/c1-12(13-10-16(18)22-11-13)17(21)7-3-2-4-15(17)20-8-5-14(19)6-9-20;;/h10-12,14-15,21H,2-9,19H2,1H3;2*1H. The van der Waals surface area contributed by atoms with Crippen LogP contribution in [0.1, 0.15) is 56.9 Å². The van der Waals surface area contributed by atoms with Crippen LogP contribution in [0.5, 0.6) is 0 Å². The van der Waals surface area contributed by atoms with Gasteiger partial charge in [0, 0.05) is 31.1 Å². The molecular weight excluding hydrogens is 387 g/mol. The van der Waals surface area contributed by atoms with Crippen molar-refractivity contribution in [2.24, 2.45) is 5.73 Å². The van der Waals surface area contributed by atoms with Gasteiger partial charge in [-0.05, 0) is 42.7 Å². The summed E-state index contributed by atoms with van der Waals surface area (Å²) in [7, 11) is 0. The summed E-state index contributed by atoms with van der Waals surface area (Å²) >= 11 is 7.66. The smallest absolute Gasteiger partial charge is 0.0931 e. The van der Waals surface area contributed by atoms with Crippen LogP contribution in [-0.4, -0.2) is 40.8 Å². The van der Waals surface area contributed by atoms with Gasteiger partial charge < -0.3 is 10.8 Å². The van der Waals surface area contributed by atoms with Crippen LogP contribution in [0.4, 0.5) is 0 Å². The summed E-state index contributed by atoms with van der Waals surface area (Å²) in [6.07, 6.45) is 6.40. The minimum atomic E-state index is -0.649. The molecule has 3 unspecified atom stereocenters. The maximum absolute atomic E-state index is 11.6. The molecule has 3 atom stereocenters. The van der Waals surface area contributed by atoms with Crippen LogP contribution < -0.4 is 5.73 Å². The van der Waals surface area contributed by atoms with Crippen LogP contribution in [0.15, 0.2) is 11.4 Å². The number of likely N-dealkylation sites (tertiary alicyclic amines) is 1. The number of halogens is 3. The normalized spacial score (nSPS) is 30.2. The van der Waals surface area contributed by atoms with Crippen LogP contribution in [0, 0.1) is 0 Å². The maximum Gasteiger partial charge on any atom is 0.0931 e. The summed E-state index contributed by atoms with van der Waals surface area (Å²) in [6.45, 7) is 4.20. The molecule has 1 aliphatic carbocycles. The molecule has 0 radical (unpaired) electrons. The Bertz CT molecular complexity index is 508. The molecule has 140 valence electrons. The highest BCUT2D eigenvalue weighted by atomic mass is 35.5. The van der Waals surface area contributed by atoms with E-state index in [1.54, 1.807) is 11.3 Å². The molecule has 1 saturated heterocycles. The Morgan fingerprint density at radius 3 is 2.54 bits per heavy atom. The Kier molecular flexibility index (Phi) is 8.81. The van der Waals surface area contributed by atoms with E-state index < -0.39 is 5.60 Å². The molecule has 1 aliphatic heterocycles. The van der Waals surface area contributed by atoms with Crippen molar-refractivity contribution in [3.63, 3.8) is 0 Å². The Hall–Kier alpha value is 0.450. The average molecular weight is 416 g/mol. The Morgan fingerprint density at radius 1 is 1.29 bits per heavy atom. The first-order chi connectivity index (χ1) is 10.5. The summed E-state index contributed by atoms with van der Waals surface area (Å²) in [4.78, 5) is 2.49. The van der Waals surface area contributed by atoms with Gasteiger partial charge in [0.05, 0.1) is 9.94 Å². The average Bonchev–Trinajstić information content (AvgIpc) is 2.94. The molecule has 1 saturated carbocycles. The first-order valence-electron chi connectivity index (χ1n) is 8.46. The van der Waals surface area contributed by atoms with E-state index in [1.807, 2.05) is 6.07 Å². The van der Waals surface area contributed by atoms with Gasteiger partial charge >= 0.3 is 0 Å². The van der Waals surface area contributed by atoms with Crippen molar-refractivity contribution in [3.05, 3.63) is 21.3 Å². The molecule has 7 heteroatoms. The number of thiophene rings is 1. The van der Waals surface area contributed by atoms with E-state index in [4.69, 9.17) is 17.3 Å². The Balaban J connectivity index is 0.00000144. The summed E-state index contributed by atoms with van der Waals surface area (Å²) in [6, 6.07) is 2.61. The minimum absolute atomic E-state index is 0. The number of aliphatic hydroxyl groups is 1. The van der Waals surface area contributed by atoms with Crippen LogP contribution in [0.3, 0.4) is 0 Å². The summed E-state index contributed by atoms with van der Waals surface area (Å²) in [5.74, 6) is 0.122. The molecule has 0 aromatic carbocycles. The second-order valence-corrected chi connectivity index (χ2v) is 8.57. The zero-order valence-corrected chi connectivity index (χ0v) is 17.3. The monoisotopic (exact) mass is 414 g/mol. The zero-order valence-electron chi connectivity index (χ0n) is 14.1. The van der Waals surface area contributed by atoms with Gasteiger partial charge in [-0.1, -0.05) is 31.4 Å². The molecule has 3 nitrogen and oxygen atoms in total. The summed E-state index contributed by atoms with van der Waals surface area (Å²) in [5.41, 5.74) is 6.58. The van der Waals surface area contributed by atoms with E-state index in [-0.39, 0.29) is 36.8 Å². The minimum Gasteiger partial charge on any atom is -0.388 e.